The summed E-state index contributed by atoms with van der Waals surface area (Å²) >= 11 is 0. The number of fused-ring (bicyclic) bond motifs is 1. The Hall–Kier alpha value is -4.07. The van der Waals surface area contributed by atoms with Gasteiger partial charge in [-0.3, -0.25) is 19.2 Å². The van der Waals surface area contributed by atoms with Crippen LogP contribution in [-0.4, -0.2) is 65.0 Å². The molecule has 3 aromatic rings. The Bertz CT molecular complexity index is 1580. The standard InChI is InChI=1S/C36H43N5O2/c1-6-40(25-36(2,3)24-39(4)5)21-27-12-13-28-17-30(18-29(28)16-27)33-19-32(14-15-34(33)42)38-35(43)31-20-37-41(23-31)22-26-10-8-7-9-11-26/h7-14,16,18-20,23H,6,15,17,21-22,24-25H2,1-5H3,(H,38,43). The van der Waals surface area contributed by atoms with Crippen molar-refractivity contribution in [1.82, 2.24) is 24.9 Å². The molecule has 224 valence electrons. The Morgan fingerprint density at radius 2 is 1.84 bits per heavy atom. The van der Waals surface area contributed by atoms with Crippen LogP contribution >= 0.6 is 0 Å². The highest BCUT2D eigenvalue weighted by Crippen LogP contribution is 2.33. The lowest BCUT2D eigenvalue weighted by atomic mass is 9.92. The first kappa shape index (κ1) is 30.4. The van der Waals surface area contributed by atoms with Gasteiger partial charge in [0.25, 0.3) is 5.91 Å². The zero-order valence-electron chi connectivity index (χ0n) is 26.1. The molecule has 7 heteroatoms. The van der Waals surface area contributed by atoms with Crippen LogP contribution in [0.5, 0.6) is 0 Å². The van der Waals surface area contributed by atoms with Crippen LogP contribution < -0.4 is 5.32 Å². The number of benzene rings is 2. The normalized spacial score (nSPS) is 15.0. The Morgan fingerprint density at radius 3 is 2.58 bits per heavy atom. The molecule has 43 heavy (non-hydrogen) atoms. The molecule has 1 N–H and O–H groups in total. The zero-order chi connectivity index (χ0) is 30.6. The van der Waals surface area contributed by atoms with Gasteiger partial charge >= 0.3 is 0 Å². The van der Waals surface area contributed by atoms with Gasteiger partial charge in [0, 0.05) is 43.5 Å². The van der Waals surface area contributed by atoms with Crippen LogP contribution in [-0.2, 0) is 24.3 Å². The van der Waals surface area contributed by atoms with E-state index in [9.17, 15) is 9.59 Å². The molecule has 0 fully saturated rings. The van der Waals surface area contributed by atoms with Crippen LogP contribution in [0, 0.1) is 5.41 Å². The van der Waals surface area contributed by atoms with Gasteiger partial charge in [0.15, 0.2) is 5.78 Å². The lowest BCUT2D eigenvalue weighted by molar-refractivity contribution is -0.114. The van der Waals surface area contributed by atoms with Crippen molar-refractivity contribution in [2.45, 2.75) is 46.7 Å². The molecule has 5 rings (SSSR count). The highest BCUT2D eigenvalue weighted by atomic mass is 16.1. The number of hydrogen-bond donors (Lipinski definition) is 1. The van der Waals surface area contributed by atoms with Crippen LogP contribution in [0.1, 0.15) is 59.8 Å². The van der Waals surface area contributed by atoms with Gasteiger partial charge in [0.2, 0.25) is 0 Å². The predicted octanol–water partition coefficient (Wildman–Crippen LogP) is 5.49. The molecule has 1 aromatic heterocycles. The maximum Gasteiger partial charge on any atom is 0.258 e. The molecule has 1 amide bonds. The van der Waals surface area contributed by atoms with E-state index >= 15 is 0 Å². The third kappa shape index (κ3) is 7.86. The van der Waals surface area contributed by atoms with Gasteiger partial charge in [0.1, 0.15) is 0 Å². The van der Waals surface area contributed by atoms with Crippen molar-refractivity contribution < 1.29 is 9.59 Å². The van der Waals surface area contributed by atoms with Gasteiger partial charge in [-0.2, -0.15) is 5.10 Å². The predicted molar refractivity (Wildman–Crippen MR) is 172 cm³/mol. The number of nitrogens with one attached hydrogen (secondary N) is 1. The van der Waals surface area contributed by atoms with Crippen LogP contribution in [0.2, 0.25) is 0 Å². The first-order valence-corrected chi connectivity index (χ1v) is 15.1. The number of carbonyl (C=O) groups excluding carboxylic acids is 2. The van der Waals surface area contributed by atoms with E-state index in [4.69, 9.17) is 0 Å². The highest BCUT2D eigenvalue weighted by molar-refractivity contribution is 6.04. The number of ketones is 1. The van der Waals surface area contributed by atoms with E-state index in [1.165, 1.54) is 16.7 Å². The van der Waals surface area contributed by atoms with Crippen LogP contribution in [0.15, 0.2) is 89.9 Å². The second-order valence-corrected chi connectivity index (χ2v) is 12.8. The topological polar surface area (TPSA) is 70.5 Å². The summed E-state index contributed by atoms with van der Waals surface area (Å²) < 4.78 is 1.75. The van der Waals surface area contributed by atoms with Gasteiger partial charge < -0.3 is 10.2 Å². The van der Waals surface area contributed by atoms with E-state index in [-0.39, 0.29) is 23.5 Å². The van der Waals surface area contributed by atoms with E-state index < -0.39 is 0 Å². The maximum atomic E-state index is 13.0. The second kappa shape index (κ2) is 13.1. The molecule has 0 saturated carbocycles. The number of allylic oxidation sites excluding steroid dienone is 4. The Morgan fingerprint density at radius 1 is 1.05 bits per heavy atom. The number of rotatable bonds is 12. The SMILES string of the molecule is CCN(Cc1ccc2c(c1)C=C(C1=CC(NC(=O)c3cnn(Cc4ccccc4)c3)=CCC1=O)C2)CC(C)(C)CN(C)C. The van der Waals surface area contributed by atoms with Gasteiger partial charge in [-0.05, 0) is 66.4 Å². The number of amides is 1. The molecule has 0 bridgehead atoms. The molecular weight excluding hydrogens is 534 g/mol. The van der Waals surface area contributed by atoms with Gasteiger partial charge in [-0.1, -0.05) is 81.5 Å². The molecule has 2 aromatic carbocycles. The second-order valence-electron chi connectivity index (χ2n) is 12.8. The zero-order valence-corrected chi connectivity index (χ0v) is 26.1. The molecule has 0 radical (unpaired) electrons. The summed E-state index contributed by atoms with van der Waals surface area (Å²) in [5.74, 6) is -0.161. The quantitative estimate of drug-likeness (QED) is 0.308. The first-order chi connectivity index (χ1) is 20.6. The van der Waals surface area contributed by atoms with Crippen LogP contribution in [0.3, 0.4) is 0 Å². The molecule has 1 heterocycles. The van der Waals surface area contributed by atoms with Crippen molar-refractivity contribution >= 4 is 17.8 Å². The lowest BCUT2D eigenvalue weighted by Gasteiger charge is -2.34. The monoisotopic (exact) mass is 577 g/mol. The fraction of sp³-hybridized carbons (Fsp3) is 0.361. The van der Waals surface area contributed by atoms with Crippen LogP contribution in [0.4, 0.5) is 0 Å². The minimum Gasteiger partial charge on any atom is -0.322 e. The molecule has 0 saturated heterocycles. The maximum absolute atomic E-state index is 13.0. The minimum atomic E-state index is -0.238. The van der Waals surface area contributed by atoms with E-state index in [0.29, 0.717) is 29.8 Å². The largest absolute Gasteiger partial charge is 0.322 e. The van der Waals surface area contributed by atoms with Crippen molar-refractivity contribution in [3.05, 3.63) is 118 Å². The van der Waals surface area contributed by atoms with Crippen molar-refractivity contribution in [3.63, 3.8) is 0 Å². The van der Waals surface area contributed by atoms with Gasteiger partial charge in [-0.15, -0.1) is 0 Å². The van der Waals surface area contributed by atoms with Gasteiger partial charge in [-0.25, -0.2) is 0 Å². The summed E-state index contributed by atoms with van der Waals surface area (Å²) in [6, 6.07) is 16.7. The summed E-state index contributed by atoms with van der Waals surface area (Å²) in [5.41, 5.74) is 7.81. The van der Waals surface area contributed by atoms with Crippen LogP contribution in [0.25, 0.3) is 6.08 Å². The number of Topliss-reactive ketones (excluding diaryl/α,β-unsaturated/α-hetero) is 1. The molecule has 2 aliphatic rings. The van der Waals surface area contributed by atoms with Gasteiger partial charge in [0.05, 0.1) is 18.3 Å². The van der Waals surface area contributed by atoms with Crippen molar-refractivity contribution in [3.8, 4) is 0 Å². The fourth-order valence-corrected chi connectivity index (χ4v) is 6.21. The summed E-state index contributed by atoms with van der Waals surface area (Å²) in [4.78, 5) is 30.8. The van der Waals surface area contributed by atoms with Crippen molar-refractivity contribution in [2.75, 3.05) is 33.7 Å². The summed E-state index contributed by atoms with van der Waals surface area (Å²) in [6.45, 7) is 11.4. The van der Waals surface area contributed by atoms with E-state index in [2.05, 4.69) is 79.4 Å². The Balaban J connectivity index is 1.24. The summed E-state index contributed by atoms with van der Waals surface area (Å²) in [5, 5.41) is 7.33. The summed E-state index contributed by atoms with van der Waals surface area (Å²) in [6.07, 6.45) is 10.1. The number of nitrogens with zero attached hydrogens (tertiary/aromatic N) is 4. The molecule has 7 nitrogen and oxygen atoms in total. The molecule has 0 atom stereocenters. The highest BCUT2D eigenvalue weighted by Gasteiger charge is 2.25. The number of carbonyl (C=O) groups is 2. The number of hydrogen-bond acceptors (Lipinski definition) is 5. The Labute approximate surface area is 255 Å². The Kier molecular flexibility index (Phi) is 9.23. The van der Waals surface area contributed by atoms with Crippen molar-refractivity contribution in [2.24, 2.45) is 5.41 Å². The third-order valence-electron chi connectivity index (χ3n) is 7.96. The molecule has 0 unspecified atom stereocenters. The molecule has 0 spiro atoms. The smallest absolute Gasteiger partial charge is 0.258 e. The lowest BCUT2D eigenvalue weighted by Crippen LogP contribution is -2.39. The average molecular weight is 578 g/mol. The summed E-state index contributed by atoms with van der Waals surface area (Å²) in [7, 11) is 4.26. The molecule has 0 aliphatic heterocycles. The first-order valence-electron chi connectivity index (χ1n) is 15.1. The molecule has 2 aliphatic carbocycles. The van der Waals surface area contributed by atoms with E-state index in [1.54, 1.807) is 23.2 Å². The average Bonchev–Trinajstić information content (AvgIpc) is 3.60. The fourth-order valence-electron chi connectivity index (χ4n) is 6.21. The van der Waals surface area contributed by atoms with E-state index in [1.807, 2.05) is 36.4 Å². The van der Waals surface area contributed by atoms with E-state index in [0.717, 1.165) is 37.3 Å². The number of aromatic nitrogens is 2. The minimum absolute atomic E-state index is 0.0771. The van der Waals surface area contributed by atoms with Crippen molar-refractivity contribution in [1.29, 1.82) is 0 Å². The third-order valence-corrected chi connectivity index (χ3v) is 7.96. The molecular formula is C36H43N5O2.